The molecule has 0 saturated heterocycles. The number of rotatable bonds is 4. The number of para-hydroxylation sites is 1. The van der Waals surface area contributed by atoms with Crippen molar-refractivity contribution in [3.05, 3.63) is 34.1 Å². The van der Waals surface area contributed by atoms with E-state index in [-0.39, 0.29) is 18.0 Å². The van der Waals surface area contributed by atoms with E-state index in [2.05, 4.69) is 0 Å². The second-order valence-electron chi connectivity index (χ2n) is 4.85. The molecule has 0 aliphatic heterocycles. The molecule has 1 aliphatic rings. The smallest absolute Gasteiger partial charge is 0.314 e. The Morgan fingerprint density at radius 3 is 2.79 bits per heavy atom. The fourth-order valence-corrected chi connectivity index (χ4v) is 2.17. The van der Waals surface area contributed by atoms with Crippen LogP contribution < -0.4 is 4.74 Å². The zero-order valence-corrected chi connectivity index (χ0v) is 10.7. The summed E-state index contributed by atoms with van der Waals surface area (Å²) in [5, 5.41) is 10.8. The maximum absolute atomic E-state index is 13.7. The minimum atomic E-state index is -0.785. The Morgan fingerprint density at radius 2 is 2.26 bits per heavy atom. The van der Waals surface area contributed by atoms with E-state index in [1.807, 2.05) is 6.92 Å². The molecule has 2 unspecified atom stereocenters. The van der Waals surface area contributed by atoms with E-state index in [1.165, 1.54) is 12.1 Å². The first-order chi connectivity index (χ1) is 8.90. The number of carbonyl (C=O) groups is 1. The number of ketones is 1. The maximum Gasteiger partial charge on any atom is 0.314 e. The van der Waals surface area contributed by atoms with Crippen molar-refractivity contribution in [2.45, 2.75) is 32.8 Å². The fourth-order valence-electron chi connectivity index (χ4n) is 2.17. The van der Waals surface area contributed by atoms with E-state index in [9.17, 15) is 19.3 Å². The number of benzene rings is 1. The summed E-state index contributed by atoms with van der Waals surface area (Å²) in [7, 11) is 0. The molecule has 19 heavy (non-hydrogen) atoms. The van der Waals surface area contributed by atoms with Crippen LogP contribution in [0.2, 0.25) is 0 Å². The molecule has 0 radical (unpaired) electrons. The summed E-state index contributed by atoms with van der Waals surface area (Å²) in [6.07, 6.45) is 0.204. The lowest BCUT2D eigenvalue weighted by atomic mass is 9.64. The lowest BCUT2D eigenvalue weighted by Gasteiger charge is -2.43. The van der Waals surface area contributed by atoms with Gasteiger partial charge in [-0.15, -0.1) is 0 Å². The first-order valence-corrected chi connectivity index (χ1v) is 6.03. The van der Waals surface area contributed by atoms with E-state index in [4.69, 9.17) is 4.74 Å². The van der Waals surface area contributed by atoms with Crippen LogP contribution in [0.5, 0.6) is 5.75 Å². The van der Waals surface area contributed by atoms with Crippen LogP contribution in [0, 0.1) is 21.3 Å². The van der Waals surface area contributed by atoms with Gasteiger partial charge in [0.2, 0.25) is 5.75 Å². The van der Waals surface area contributed by atoms with Gasteiger partial charge >= 0.3 is 5.69 Å². The SMILES string of the molecule is CCC1(C)C(=O)CC1Oc1c(F)cccc1[N+](=O)[O-]. The highest BCUT2D eigenvalue weighted by Crippen LogP contribution is 2.44. The average Bonchev–Trinajstić information content (AvgIpc) is 2.38. The molecule has 5 nitrogen and oxygen atoms in total. The molecule has 0 aromatic heterocycles. The van der Waals surface area contributed by atoms with Crippen molar-refractivity contribution in [2.75, 3.05) is 0 Å². The van der Waals surface area contributed by atoms with Gasteiger partial charge in [-0.3, -0.25) is 14.9 Å². The molecule has 0 spiro atoms. The number of nitro benzene ring substituents is 1. The molecule has 6 heteroatoms. The van der Waals surface area contributed by atoms with Crippen LogP contribution in [0.3, 0.4) is 0 Å². The van der Waals surface area contributed by atoms with Gasteiger partial charge in [0, 0.05) is 12.5 Å². The number of carbonyl (C=O) groups excluding carboxylic acids is 1. The summed E-state index contributed by atoms with van der Waals surface area (Å²) in [5.74, 6) is -1.13. The zero-order valence-electron chi connectivity index (χ0n) is 10.7. The molecule has 2 rings (SSSR count). The first kappa shape index (κ1) is 13.5. The van der Waals surface area contributed by atoms with Crippen LogP contribution in [0.25, 0.3) is 0 Å². The Hall–Kier alpha value is -1.98. The van der Waals surface area contributed by atoms with Crippen LogP contribution in [0.4, 0.5) is 10.1 Å². The Labute approximate surface area is 109 Å². The predicted molar refractivity (Wildman–Crippen MR) is 65.5 cm³/mol. The highest BCUT2D eigenvalue weighted by Gasteiger charge is 2.52. The number of nitro groups is 1. The van der Waals surface area contributed by atoms with Crippen LogP contribution in [0.15, 0.2) is 18.2 Å². The van der Waals surface area contributed by atoms with Gasteiger partial charge in [-0.25, -0.2) is 4.39 Å². The van der Waals surface area contributed by atoms with Gasteiger partial charge in [0.05, 0.1) is 10.3 Å². The summed E-state index contributed by atoms with van der Waals surface area (Å²) < 4.78 is 19.1. The Kier molecular flexibility index (Phi) is 3.26. The summed E-state index contributed by atoms with van der Waals surface area (Å²) in [5.41, 5.74) is -1.10. The minimum absolute atomic E-state index is 0.0407. The number of hydrogen-bond donors (Lipinski definition) is 0. The highest BCUT2D eigenvalue weighted by molar-refractivity contribution is 5.92. The number of nitrogens with zero attached hydrogens (tertiary/aromatic N) is 1. The third-order valence-electron chi connectivity index (χ3n) is 3.86. The highest BCUT2D eigenvalue weighted by atomic mass is 19.1. The van der Waals surface area contributed by atoms with Crippen molar-refractivity contribution >= 4 is 11.5 Å². The van der Waals surface area contributed by atoms with Crippen molar-refractivity contribution in [1.82, 2.24) is 0 Å². The van der Waals surface area contributed by atoms with Crippen molar-refractivity contribution in [3.63, 3.8) is 0 Å². The quantitative estimate of drug-likeness (QED) is 0.621. The lowest BCUT2D eigenvalue weighted by molar-refractivity contribution is -0.386. The van der Waals surface area contributed by atoms with E-state index in [1.54, 1.807) is 6.92 Å². The summed E-state index contributed by atoms with van der Waals surface area (Å²) in [6.45, 7) is 3.57. The molecule has 1 aliphatic carbocycles. The second-order valence-corrected chi connectivity index (χ2v) is 4.85. The number of ether oxygens (including phenoxy) is 1. The molecular formula is C13H14FNO4. The van der Waals surface area contributed by atoms with E-state index >= 15 is 0 Å². The van der Waals surface area contributed by atoms with Crippen molar-refractivity contribution < 1.29 is 18.8 Å². The third kappa shape index (κ3) is 2.07. The number of hydrogen-bond acceptors (Lipinski definition) is 4. The molecule has 0 bridgehead atoms. The minimum Gasteiger partial charge on any atom is -0.480 e. The summed E-state index contributed by atoms with van der Waals surface area (Å²) >= 11 is 0. The fraction of sp³-hybridized carbons (Fsp3) is 0.462. The Balaban J connectivity index is 2.30. The molecular weight excluding hydrogens is 253 g/mol. The molecule has 2 atom stereocenters. The van der Waals surface area contributed by atoms with Gasteiger partial charge in [0.25, 0.3) is 0 Å². The van der Waals surface area contributed by atoms with Gasteiger partial charge in [0.1, 0.15) is 11.9 Å². The van der Waals surface area contributed by atoms with Gasteiger partial charge in [-0.05, 0) is 19.4 Å². The predicted octanol–water partition coefficient (Wildman–Crippen LogP) is 2.87. The first-order valence-electron chi connectivity index (χ1n) is 6.03. The number of halogens is 1. The largest absolute Gasteiger partial charge is 0.480 e. The van der Waals surface area contributed by atoms with Gasteiger partial charge in [-0.1, -0.05) is 13.0 Å². The third-order valence-corrected chi connectivity index (χ3v) is 3.86. The van der Waals surface area contributed by atoms with Crippen LogP contribution in [-0.2, 0) is 4.79 Å². The Morgan fingerprint density at radius 1 is 1.58 bits per heavy atom. The number of Topliss-reactive ketones (excluding diaryl/α,β-unsaturated/α-hetero) is 1. The molecule has 0 amide bonds. The van der Waals surface area contributed by atoms with Crippen LogP contribution >= 0.6 is 0 Å². The van der Waals surface area contributed by atoms with Crippen LogP contribution in [0.1, 0.15) is 26.7 Å². The molecule has 1 aromatic rings. The van der Waals surface area contributed by atoms with Gasteiger partial charge in [0.15, 0.2) is 5.82 Å². The van der Waals surface area contributed by atoms with Gasteiger partial charge < -0.3 is 4.74 Å². The molecule has 1 fully saturated rings. The van der Waals surface area contributed by atoms with E-state index < -0.39 is 27.9 Å². The molecule has 0 N–H and O–H groups in total. The lowest BCUT2D eigenvalue weighted by Crippen LogP contribution is -2.54. The normalized spacial score (nSPS) is 25.8. The van der Waals surface area contributed by atoms with Crippen LogP contribution in [-0.4, -0.2) is 16.8 Å². The molecule has 1 aromatic carbocycles. The standard InChI is InChI=1S/C13H14FNO4/c1-3-13(2)10(16)7-11(13)19-12-8(14)5-4-6-9(12)15(17)18/h4-6,11H,3,7H2,1-2H3. The monoisotopic (exact) mass is 267 g/mol. The Bertz CT molecular complexity index is 545. The second kappa shape index (κ2) is 4.60. The topological polar surface area (TPSA) is 69.4 Å². The molecule has 0 heterocycles. The van der Waals surface area contributed by atoms with Crippen molar-refractivity contribution in [3.8, 4) is 5.75 Å². The van der Waals surface area contributed by atoms with Crippen molar-refractivity contribution in [2.24, 2.45) is 5.41 Å². The summed E-state index contributed by atoms with van der Waals surface area (Å²) in [6, 6.07) is 3.54. The average molecular weight is 267 g/mol. The van der Waals surface area contributed by atoms with E-state index in [0.717, 1.165) is 6.07 Å². The van der Waals surface area contributed by atoms with Crippen molar-refractivity contribution in [1.29, 1.82) is 0 Å². The molecule has 1 saturated carbocycles. The van der Waals surface area contributed by atoms with Gasteiger partial charge in [-0.2, -0.15) is 0 Å². The summed E-state index contributed by atoms with van der Waals surface area (Å²) in [4.78, 5) is 21.7. The zero-order chi connectivity index (χ0) is 14.2. The molecule has 102 valence electrons. The maximum atomic E-state index is 13.7. The van der Waals surface area contributed by atoms with E-state index in [0.29, 0.717) is 6.42 Å².